The van der Waals surface area contributed by atoms with Crippen LogP contribution in [0.5, 0.6) is 5.75 Å². The molecule has 7 heteroatoms. The lowest BCUT2D eigenvalue weighted by atomic mass is 10.2. The molecule has 0 saturated heterocycles. The number of carbonyl (C=O) groups is 3. The molecule has 2 amide bonds. The van der Waals surface area contributed by atoms with E-state index in [9.17, 15) is 14.4 Å². The van der Waals surface area contributed by atoms with Crippen molar-refractivity contribution < 1.29 is 23.9 Å². The molecule has 1 aromatic rings. The van der Waals surface area contributed by atoms with Gasteiger partial charge < -0.3 is 19.7 Å². The van der Waals surface area contributed by atoms with Crippen molar-refractivity contribution >= 4 is 17.8 Å². The lowest BCUT2D eigenvalue weighted by molar-refractivity contribution is -0.151. The quantitative estimate of drug-likeness (QED) is 0.686. The molecule has 0 aliphatic carbocycles. The van der Waals surface area contributed by atoms with Crippen molar-refractivity contribution in [3.63, 3.8) is 0 Å². The maximum absolute atomic E-state index is 12.1. The molecule has 0 unspecified atom stereocenters. The fraction of sp³-hybridized carbons (Fsp3) is 0.471. The van der Waals surface area contributed by atoms with Crippen molar-refractivity contribution in [2.24, 2.45) is 0 Å². The van der Waals surface area contributed by atoms with Crippen molar-refractivity contribution in [3.8, 4) is 5.75 Å². The summed E-state index contributed by atoms with van der Waals surface area (Å²) < 4.78 is 10.2. The third kappa shape index (κ3) is 5.91. The van der Waals surface area contributed by atoms with E-state index in [1.54, 1.807) is 29.2 Å². The summed E-state index contributed by atoms with van der Waals surface area (Å²) in [6, 6.07) is 6.75. The monoisotopic (exact) mass is 336 g/mol. The highest BCUT2D eigenvalue weighted by Crippen LogP contribution is 2.17. The Hall–Kier alpha value is -2.57. The summed E-state index contributed by atoms with van der Waals surface area (Å²) in [5, 5.41) is 2.46. The Morgan fingerprint density at radius 3 is 2.38 bits per heavy atom. The highest BCUT2D eigenvalue weighted by Gasteiger charge is 2.15. The van der Waals surface area contributed by atoms with Crippen molar-refractivity contribution in [3.05, 3.63) is 29.8 Å². The number of hydrogen-bond acceptors (Lipinski definition) is 5. The molecule has 0 heterocycles. The number of benzene rings is 1. The number of carbonyl (C=O) groups excluding carboxylic acids is 3. The van der Waals surface area contributed by atoms with Crippen LogP contribution in [-0.4, -0.2) is 55.5 Å². The van der Waals surface area contributed by atoms with E-state index in [-0.39, 0.29) is 19.1 Å². The summed E-state index contributed by atoms with van der Waals surface area (Å²) in [4.78, 5) is 37.1. The van der Waals surface area contributed by atoms with E-state index in [1.807, 2.05) is 20.8 Å². The number of esters is 1. The number of nitrogens with one attached hydrogen (secondary N) is 1. The molecule has 1 aromatic carbocycles. The van der Waals surface area contributed by atoms with Gasteiger partial charge in [-0.1, -0.05) is 12.1 Å². The van der Waals surface area contributed by atoms with Crippen LogP contribution in [0.1, 0.15) is 31.1 Å². The van der Waals surface area contributed by atoms with Crippen LogP contribution < -0.4 is 10.1 Å². The third-order valence-electron chi connectivity index (χ3n) is 3.30. The molecule has 0 spiro atoms. The van der Waals surface area contributed by atoms with E-state index in [1.165, 1.54) is 0 Å². The predicted molar refractivity (Wildman–Crippen MR) is 88.8 cm³/mol. The highest BCUT2D eigenvalue weighted by molar-refractivity contribution is 5.98. The Balaban J connectivity index is 2.47. The lowest BCUT2D eigenvalue weighted by Crippen LogP contribution is -2.36. The molecule has 0 bridgehead atoms. The topological polar surface area (TPSA) is 84.9 Å². The summed E-state index contributed by atoms with van der Waals surface area (Å²) in [7, 11) is 0. The molecule has 132 valence electrons. The van der Waals surface area contributed by atoms with Crippen molar-refractivity contribution in [1.29, 1.82) is 0 Å². The molecule has 0 radical (unpaired) electrons. The maximum atomic E-state index is 12.1. The number of amides is 2. The Morgan fingerprint density at radius 2 is 1.75 bits per heavy atom. The number of rotatable bonds is 9. The summed E-state index contributed by atoms with van der Waals surface area (Å²) in [6.07, 6.45) is 0. The first kappa shape index (κ1) is 19.5. The summed E-state index contributed by atoms with van der Waals surface area (Å²) in [5.74, 6) is -0.923. The number of nitrogens with zero attached hydrogens (tertiary/aromatic N) is 1. The molecule has 0 fully saturated rings. The number of hydrogen-bond donors (Lipinski definition) is 1. The van der Waals surface area contributed by atoms with Crippen molar-refractivity contribution in [1.82, 2.24) is 10.2 Å². The van der Waals surface area contributed by atoms with Crippen LogP contribution in [0.25, 0.3) is 0 Å². The second kappa shape index (κ2) is 10.3. The van der Waals surface area contributed by atoms with Gasteiger partial charge in [-0.05, 0) is 32.9 Å². The van der Waals surface area contributed by atoms with Gasteiger partial charge in [0.05, 0.1) is 12.2 Å². The van der Waals surface area contributed by atoms with Crippen LogP contribution in [-0.2, 0) is 14.3 Å². The molecule has 7 nitrogen and oxygen atoms in total. The summed E-state index contributed by atoms with van der Waals surface area (Å²) >= 11 is 0. The van der Waals surface area contributed by atoms with Gasteiger partial charge in [0, 0.05) is 13.1 Å². The molecular formula is C17H24N2O5. The molecule has 24 heavy (non-hydrogen) atoms. The molecule has 0 aromatic heterocycles. The summed E-state index contributed by atoms with van der Waals surface area (Å²) in [6.45, 7) is 6.41. The Bertz CT molecular complexity index is 570. The zero-order valence-corrected chi connectivity index (χ0v) is 14.3. The molecule has 0 saturated carbocycles. The van der Waals surface area contributed by atoms with E-state index >= 15 is 0 Å². The molecule has 0 aliphatic heterocycles. The first-order valence-electron chi connectivity index (χ1n) is 7.96. The van der Waals surface area contributed by atoms with Gasteiger partial charge >= 0.3 is 5.97 Å². The molecule has 1 N–H and O–H groups in total. The van der Waals surface area contributed by atoms with Gasteiger partial charge in [-0.25, -0.2) is 0 Å². The first-order valence-corrected chi connectivity index (χ1v) is 7.96. The van der Waals surface area contributed by atoms with Gasteiger partial charge in [-0.3, -0.25) is 14.4 Å². The smallest absolute Gasteiger partial charge is 0.325 e. The highest BCUT2D eigenvalue weighted by atomic mass is 16.5. The van der Waals surface area contributed by atoms with Crippen molar-refractivity contribution in [2.75, 3.05) is 32.8 Å². The molecule has 1 rings (SSSR count). The average molecular weight is 336 g/mol. The number of ether oxygens (including phenoxy) is 2. The van der Waals surface area contributed by atoms with Crippen LogP contribution in [0.4, 0.5) is 0 Å². The minimum atomic E-state index is -0.669. The zero-order valence-electron chi connectivity index (χ0n) is 14.3. The van der Waals surface area contributed by atoms with E-state index in [0.717, 1.165) is 0 Å². The Labute approximate surface area is 141 Å². The lowest BCUT2D eigenvalue weighted by Gasteiger charge is -2.18. The zero-order chi connectivity index (χ0) is 17.9. The molecular weight excluding hydrogens is 312 g/mol. The van der Waals surface area contributed by atoms with Gasteiger partial charge in [0.2, 0.25) is 0 Å². The largest absolute Gasteiger partial charge is 0.493 e. The van der Waals surface area contributed by atoms with Gasteiger partial charge in [-0.15, -0.1) is 0 Å². The van der Waals surface area contributed by atoms with Crippen LogP contribution >= 0.6 is 0 Å². The van der Waals surface area contributed by atoms with Crippen LogP contribution in [0.3, 0.4) is 0 Å². The molecule has 0 aliphatic rings. The fourth-order valence-electron chi connectivity index (χ4n) is 2.04. The normalized spacial score (nSPS) is 9.96. The Kier molecular flexibility index (Phi) is 8.32. The van der Waals surface area contributed by atoms with Crippen LogP contribution in [0, 0.1) is 0 Å². The van der Waals surface area contributed by atoms with E-state index in [4.69, 9.17) is 9.47 Å². The fourth-order valence-corrected chi connectivity index (χ4v) is 2.04. The first-order chi connectivity index (χ1) is 11.5. The second-order valence-corrected chi connectivity index (χ2v) is 4.84. The van der Waals surface area contributed by atoms with Gasteiger partial charge in [0.15, 0.2) is 6.61 Å². The standard InChI is InChI=1S/C17H24N2O5/c1-4-19(5-2)15(20)12-24-16(21)11-18-17(22)13-9-7-8-10-14(13)23-6-3/h7-10H,4-6,11-12H2,1-3H3,(H,18,22). The third-order valence-corrected chi connectivity index (χ3v) is 3.30. The second-order valence-electron chi connectivity index (χ2n) is 4.84. The molecule has 0 atom stereocenters. The predicted octanol–water partition coefficient (Wildman–Crippen LogP) is 1.23. The SMILES string of the molecule is CCOc1ccccc1C(=O)NCC(=O)OCC(=O)N(CC)CC. The van der Waals surface area contributed by atoms with E-state index in [0.29, 0.717) is 31.0 Å². The maximum Gasteiger partial charge on any atom is 0.325 e. The minimum Gasteiger partial charge on any atom is -0.493 e. The van der Waals surface area contributed by atoms with Crippen LogP contribution in [0.2, 0.25) is 0 Å². The Morgan fingerprint density at radius 1 is 1.08 bits per heavy atom. The minimum absolute atomic E-state index is 0.263. The summed E-state index contributed by atoms with van der Waals surface area (Å²) in [5.41, 5.74) is 0.339. The van der Waals surface area contributed by atoms with E-state index < -0.39 is 11.9 Å². The van der Waals surface area contributed by atoms with Crippen molar-refractivity contribution in [2.45, 2.75) is 20.8 Å². The van der Waals surface area contributed by atoms with Gasteiger partial charge in [-0.2, -0.15) is 0 Å². The number of likely N-dealkylation sites (N-methyl/N-ethyl adjacent to an activating group) is 1. The van der Waals surface area contributed by atoms with Crippen LogP contribution in [0.15, 0.2) is 24.3 Å². The average Bonchev–Trinajstić information content (AvgIpc) is 2.59. The number of para-hydroxylation sites is 1. The van der Waals surface area contributed by atoms with Gasteiger partial charge in [0.1, 0.15) is 12.3 Å². The van der Waals surface area contributed by atoms with Gasteiger partial charge in [0.25, 0.3) is 11.8 Å². The van der Waals surface area contributed by atoms with E-state index in [2.05, 4.69) is 5.32 Å².